The van der Waals surface area contributed by atoms with Gasteiger partial charge in [-0.25, -0.2) is 0 Å². The van der Waals surface area contributed by atoms with Crippen molar-refractivity contribution >= 4 is 0 Å². The van der Waals surface area contributed by atoms with Crippen LogP contribution in [-0.4, -0.2) is 29.8 Å². The molecule has 1 heterocycles. The first-order chi connectivity index (χ1) is 9.16. The van der Waals surface area contributed by atoms with Crippen molar-refractivity contribution in [3.63, 3.8) is 0 Å². The van der Waals surface area contributed by atoms with Crippen molar-refractivity contribution in [3.8, 4) is 0 Å². The average molecular weight is 267 g/mol. The van der Waals surface area contributed by atoms with E-state index in [1.165, 1.54) is 6.42 Å². The first-order valence-electron chi connectivity index (χ1n) is 7.29. The van der Waals surface area contributed by atoms with Crippen LogP contribution in [0.25, 0.3) is 0 Å². The quantitative estimate of drug-likeness (QED) is 0.822. The largest absolute Gasteiger partial charge is 0.370 e. The van der Waals surface area contributed by atoms with E-state index < -0.39 is 0 Å². The Kier molecular flexibility index (Phi) is 4.58. The molecule has 2 rings (SSSR count). The average Bonchev–Trinajstić information content (AvgIpc) is 2.84. The second-order valence-electron chi connectivity index (χ2n) is 5.37. The Morgan fingerprint density at radius 2 is 2.16 bits per heavy atom. The molecule has 0 aliphatic heterocycles. The lowest BCUT2D eigenvalue weighted by Crippen LogP contribution is -2.37. The molecule has 0 bridgehead atoms. The van der Waals surface area contributed by atoms with Gasteiger partial charge in [-0.1, -0.05) is 25.9 Å². The molecule has 5 nitrogen and oxygen atoms in total. The van der Waals surface area contributed by atoms with Gasteiger partial charge < -0.3 is 14.6 Å². The van der Waals surface area contributed by atoms with Crippen LogP contribution in [0.2, 0.25) is 0 Å². The van der Waals surface area contributed by atoms with E-state index in [1.54, 1.807) is 7.11 Å². The molecular formula is C14H25N3O2. The normalized spacial score (nSPS) is 20.8. The number of ether oxygens (including phenoxy) is 1. The summed E-state index contributed by atoms with van der Waals surface area (Å²) < 4.78 is 11.0. The van der Waals surface area contributed by atoms with Gasteiger partial charge in [0, 0.05) is 13.2 Å². The fourth-order valence-corrected chi connectivity index (χ4v) is 2.73. The van der Waals surface area contributed by atoms with E-state index >= 15 is 0 Å². The van der Waals surface area contributed by atoms with Crippen LogP contribution in [0.1, 0.15) is 64.1 Å². The van der Waals surface area contributed by atoms with Crippen LogP contribution in [0.4, 0.5) is 0 Å². The zero-order valence-corrected chi connectivity index (χ0v) is 12.4. The van der Waals surface area contributed by atoms with Crippen molar-refractivity contribution in [2.45, 2.75) is 64.0 Å². The smallest absolute Gasteiger partial charge is 0.231 e. The fourth-order valence-electron chi connectivity index (χ4n) is 2.73. The molecule has 0 saturated heterocycles. The molecule has 2 atom stereocenters. The third-order valence-electron chi connectivity index (χ3n) is 4.30. The first kappa shape index (κ1) is 14.5. The summed E-state index contributed by atoms with van der Waals surface area (Å²) in [5.74, 6) is 1.65. The molecular weight excluding hydrogens is 242 g/mol. The number of nitrogens with one attached hydrogen (secondary N) is 1. The number of aromatic nitrogens is 2. The summed E-state index contributed by atoms with van der Waals surface area (Å²) in [4.78, 5) is 4.58. The molecule has 0 radical (unpaired) electrons. The van der Waals surface area contributed by atoms with Crippen molar-refractivity contribution in [1.82, 2.24) is 15.5 Å². The maximum Gasteiger partial charge on any atom is 0.231 e. The number of rotatable bonds is 7. The SMILES string of the molecule is CCNC(CC)C(C)c1nc(C2(OC)CCC2)no1. The van der Waals surface area contributed by atoms with Crippen LogP contribution < -0.4 is 5.32 Å². The summed E-state index contributed by atoms with van der Waals surface area (Å²) in [7, 11) is 1.73. The maximum atomic E-state index is 5.59. The second-order valence-corrected chi connectivity index (χ2v) is 5.37. The number of nitrogens with zero attached hydrogens (tertiary/aromatic N) is 2. The maximum absolute atomic E-state index is 5.59. The Morgan fingerprint density at radius 3 is 2.63 bits per heavy atom. The third kappa shape index (κ3) is 2.67. The number of likely N-dealkylation sites (N-methyl/N-ethyl adjacent to an activating group) is 1. The Morgan fingerprint density at radius 1 is 1.42 bits per heavy atom. The van der Waals surface area contributed by atoms with E-state index in [-0.39, 0.29) is 11.5 Å². The Bertz CT molecular complexity index is 396. The van der Waals surface area contributed by atoms with E-state index in [0.717, 1.165) is 31.6 Å². The van der Waals surface area contributed by atoms with E-state index in [2.05, 4.69) is 36.2 Å². The van der Waals surface area contributed by atoms with E-state index in [1.807, 2.05) is 0 Å². The Balaban J connectivity index is 2.11. The third-order valence-corrected chi connectivity index (χ3v) is 4.30. The van der Waals surface area contributed by atoms with Crippen LogP contribution in [0.3, 0.4) is 0 Å². The lowest BCUT2D eigenvalue weighted by Gasteiger charge is -2.37. The monoisotopic (exact) mass is 267 g/mol. The standard InChI is InChI=1S/C14H25N3O2/c1-5-11(15-6-2)10(3)12-16-13(17-19-12)14(18-4)8-7-9-14/h10-11,15H,5-9H2,1-4H3. The van der Waals surface area contributed by atoms with Crippen molar-refractivity contribution in [1.29, 1.82) is 0 Å². The minimum atomic E-state index is -0.290. The van der Waals surface area contributed by atoms with Crippen LogP contribution in [0.15, 0.2) is 4.52 Å². The van der Waals surface area contributed by atoms with Gasteiger partial charge in [0.1, 0.15) is 5.60 Å². The molecule has 108 valence electrons. The number of hydrogen-bond donors (Lipinski definition) is 1. The molecule has 0 amide bonds. The van der Waals surface area contributed by atoms with Crippen molar-refractivity contribution in [2.75, 3.05) is 13.7 Å². The minimum absolute atomic E-state index is 0.222. The molecule has 5 heteroatoms. The van der Waals surface area contributed by atoms with Crippen LogP contribution >= 0.6 is 0 Å². The second kappa shape index (κ2) is 6.01. The van der Waals surface area contributed by atoms with E-state index in [9.17, 15) is 0 Å². The lowest BCUT2D eigenvalue weighted by molar-refractivity contribution is -0.0858. The highest BCUT2D eigenvalue weighted by atomic mass is 16.5. The van der Waals surface area contributed by atoms with Gasteiger partial charge in [0.2, 0.25) is 11.7 Å². The minimum Gasteiger partial charge on any atom is -0.370 e. The molecule has 0 spiro atoms. The van der Waals surface area contributed by atoms with Crippen LogP contribution in [0.5, 0.6) is 0 Å². The summed E-state index contributed by atoms with van der Waals surface area (Å²) >= 11 is 0. The molecule has 1 aromatic heterocycles. The Hall–Kier alpha value is -0.940. The van der Waals surface area contributed by atoms with Gasteiger partial charge in [-0.2, -0.15) is 4.98 Å². The highest BCUT2D eigenvalue weighted by Crippen LogP contribution is 2.43. The highest BCUT2D eigenvalue weighted by Gasteiger charge is 2.43. The molecule has 1 aliphatic carbocycles. The van der Waals surface area contributed by atoms with Gasteiger partial charge in [-0.05, 0) is 32.2 Å². The molecule has 1 saturated carbocycles. The lowest BCUT2D eigenvalue weighted by atomic mass is 9.79. The molecule has 19 heavy (non-hydrogen) atoms. The zero-order chi connectivity index (χ0) is 13.9. The summed E-state index contributed by atoms with van der Waals surface area (Å²) in [6.07, 6.45) is 4.19. The van der Waals surface area contributed by atoms with Crippen LogP contribution in [0, 0.1) is 0 Å². The fraction of sp³-hybridized carbons (Fsp3) is 0.857. The van der Waals surface area contributed by atoms with Gasteiger partial charge in [0.25, 0.3) is 0 Å². The summed E-state index contributed by atoms with van der Waals surface area (Å²) in [5, 5.41) is 7.60. The molecule has 1 aromatic rings. The summed E-state index contributed by atoms with van der Waals surface area (Å²) in [6, 6.07) is 0.373. The van der Waals surface area contributed by atoms with Gasteiger partial charge >= 0.3 is 0 Å². The molecule has 2 unspecified atom stereocenters. The predicted octanol–water partition coefficient (Wildman–Crippen LogP) is 2.59. The first-order valence-corrected chi connectivity index (χ1v) is 7.29. The van der Waals surface area contributed by atoms with E-state index in [0.29, 0.717) is 11.9 Å². The van der Waals surface area contributed by atoms with Gasteiger partial charge in [0.05, 0.1) is 5.92 Å². The van der Waals surface area contributed by atoms with Crippen molar-refractivity contribution in [3.05, 3.63) is 11.7 Å². The number of hydrogen-bond acceptors (Lipinski definition) is 5. The van der Waals surface area contributed by atoms with Crippen LogP contribution in [-0.2, 0) is 10.3 Å². The summed E-state index contributed by atoms with van der Waals surface area (Å²) in [5.41, 5.74) is -0.290. The van der Waals surface area contributed by atoms with Crippen molar-refractivity contribution in [2.24, 2.45) is 0 Å². The zero-order valence-electron chi connectivity index (χ0n) is 12.4. The molecule has 1 aliphatic rings. The summed E-state index contributed by atoms with van der Waals surface area (Å²) in [6.45, 7) is 7.37. The molecule has 1 N–H and O–H groups in total. The Labute approximate surface area is 115 Å². The van der Waals surface area contributed by atoms with Crippen molar-refractivity contribution < 1.29 is 9.26 Å². The molecule has 1 fully saturated rings. The van der Waals surface area contributed by atoms with E-state index in [4.69, 9.17) is 9.26 Å². The highest BCUT2D eigenvalue weighted by molar-refractivity contribution is 5.08. The topological polar surface area (TPSA) is 60.2 Å². The number of methoxy groups -OCH3 is 1. The van der Waals surface area contributed by atoms with Gasteiger partial charge in [0.15, 0.2) is 0 Å². The predicted molar refractivity (Wildman–Crippen MR) is 73.0 cm³/mol. The van der Waals surface area contributed by atoms with Gasteiger partial charge in [-0.3, -0.25) is 0 Å². The molecule has 0 aromatic carbocycles. The van der Waals surface area contributed by atoms with Gasteiger partial charge in [-0.15, -0.1) is 0 Å².